The molecule has 3 rings (SSSR count). The van der Waals surface area contributed by atoms with Crippen LogP contribution in [0.2, 0.25) is 0 Å². The SMILES string of the molecule is COc1c(C)c2c(c(O)c1C/C=C(\C)[C@H](CC(=O)O)O[C@H]1O[C@H](CO)[C@@H](O)[C@H](O)[C@H]1O)C(=O)OC2. The van der Waals surface area contributed by atoms with Crippen LogP contribution in [-0.2, 0) is 32.0 Å². The van der Waals surface area contributed by atoms with Gasteiger partial charge in [0.2, 0.25) is 0 Å². The molecule has 6 atom stereocenters. The van der Waals surface area contributed by atoms with Crippen LogP contribution in [0, 0.1) is 6.92 Å². The van der Waals surface area contributed by atoms with Gasteiger partial charge < -0.3 is 49.6 Å². The molecule has 194 valence electrons. The molecule has 6 N–H and O–H groups in total. The number of fused-ring (bicyclic) bond motifs is 1. The summed E-state index contributed by atoms with van der Waals surface area (Å²) in [7, 11) is 1.42. The molecule has 1 aromatic carbocycles. The highest BCUT2D eigenvalue weighted by atomic mass is 16.7. The Bertz CT molecular complexity index is 1000. The van der Waals surface area contributed by atoms with E-state index in [2.05, 4.69) is 0 Å². The van der Waals surface area contributed by atoms with Crippen molar-refractivity contribution < 1.29 is 59.2 Å². The molecule has 0 saturated carbocycles. The van der Waals surface area contributed by atoms with Gasteiger partial charge in [-0.2, -0.15) is 0 Å². The van der Waals surface area contributed by atoms with Crippen LogP contribution in [0.3, 0.4) is 0 Å². The minimum atomic E-state index is -1.70. The number of hydrogen-bond donors (Lipinski definition) is 6. The standard InChI is InChI=1S/C23H30O12/c1-9(4-5-11-17(27)16-12(8-33-22(16)31)10(2)21(11)32-3)13(6-15(25)26)34-23-20(30)19(29)18(28)14(7-24)35-23/h4,13-14,18-20,23-24,27-30H,5-8H2,1-3H3,(H,25,26)/b9-4+/t13-,14+,18+,19-,20+,23-/m0/s1. The molecule has 0 aliphatic carbocycles. The Morgan fingerprint density at radius 3 is 2.51 bits per heavy atom. The molecule has 0 unspecified atom stereocenters. The van der Waals surface area contributed by atoms with Crippen LogP contribution in [0.25, 0.3) is 0 Å². The number of rotatable bonds is 9. The van der Waals surface area contributed by atoms with Gasteiger partial charge in [-0.25, -0.2) is 4.79 Å². The van der Waals surface area contributed by atoms with Gasteiger partial charge in [0.15, 0.2) is 6.29 Å². The minimum absolute atomic E-state index is 0.0205. The van der Waals surface area contributed by atoms with E-state index in [4.69, 9.17) is 18.9 Å². The van der Waals surface area contributed by atoms with Crippen LogP contribution >= 0.6 is 0 Å². The van der Waals surface area contributed by atoms with E-state index in [1.54, 1.807) is 19.9 Å². The molecule has 12 heteroatoms. The number of benzene rings is 1. The second-order valence-electron chi connectivity index (χ2n) is 8.49. The van der Waals surface area contributed by atoms with Gasteiger partial charge in [-0.15, -0.1) is 0 Å². The Kier molecular flexibility index (Phi) is 8.36. The summed E-state index contributed by atoms with van der Waals surface area (Å²) in [5.74, 6) is -1.81. The van der Waals surface area contributed by atoms with Gasteiger partial charge in [-0.3, -0.25) is 4.79 Å². The third-order valence-electron chi connectivity index (χ3n) is 6.29. The molecule has 0 bridgehead atoms. The highest BCUT2D eigenvalue weighted by Gasteiger charge is 2.45. The first-order valence-electron chi connectivity index (χ1n) is 10.9. The van der Waals surface area contributed by atoms with Crippen molar-refractivity contribution in [1.82, 2.24) is 0 Å². The summed E-state index contributed by atoms with van der Waals surface area (Å²) in [6, 6.07) is 0. The zero-order valence-corrected chi connectivity index (χ0v) is 19.5. The zero-order chi connectivity index (χ0) is 26.0. The number of phenols is 1. The lowest BCUT2D eigenvalue weighted by Crippen LogP contribution is -2.59. The molecule has 2 aliphatic heterocycles. The number of esters is 1. The number of aliphatic hydroxyl groups is 4. The Hall–Kier alpha value is -2.74. The summed E-state index contributed by atoms with van der Waals surface area (Å²) in [6.45, 7) is 2.65. The monoisotopic (exact) mass is 498 g/mol. The Balaban J connectivity index is 1.88. The van der Waals surface area contributed by atoms with Crippen molar-refractivity contribution in [3.63, 3.8) is 0 Å². The smallest absolute Gasteiger partial charge is 0.342 e. The number of carbonyl (C=O) groups excluding carboxylic acids is 1. The van der Waals surface area contributed by atoms with Crippen LogP contribution in [0.5, 0.6) is 11.5 Å². The van der Waals surface area contributed by atoms with Crippen LogP contribution in [0.1, 0.15) is 40.4 Å². The lowest BCUT2D eigenvalue weighted by Gasteiger charge is -2.40. The van der Waals surface area contributed by atoms with Gasteiger partial charge in [-0.1, -0.05) is 6.08 Å². The first-order valence-corrected chi connectivity index (χ1v) is 10.9. The van der Waals surface area contributed by atoms with Gasteiger partial charge >= 0.3 is 11.9 Å². The third-order valence-corrected chi connectivity index (χ3v) is 6.29. The van der Waals surface area contributed by atoms with Crippen LogP contribution in [0.15, 0.2) is 11.6 Å². The van der Waals surface area contributed by atoms with E-state index in [1.165, 1.54) is 7.11 Å². The molecule has 35 heavy (non-hydrogen) atoms. The lowest BCUT2D eigenvalue weighted by molar-refractivity contribution is -0.308. The summed E-state index contributed by atoms with van der Waals surface area (Å²) in [6.07, 6.45) is -7.78. The molecule has 0 aromatic heterocycles. The summed E-state index contributed by atoms with van der Waals surface area (Å²) < 4.78 is 21.4. The number of phenolic OH excluding ortho intramolecular Hbond substituents is 1. The Morgan fingerprint density at radius 2 is 1.91 bits per heavy atom. The van der Waals surface area contributed by atoms with Crippen molar-refractivity contribution >= 4 is 11.9 Å². The molecule has 12 nitrogen and oxygen atoms in total. The molecule has 1 fully saturated rings. The fraction of sp³-hybridized carbons (Fsp3) is 0.565. The topological polar surface area (TPSA) is 192 Å². The van der Waals surface area contributed by atoms with Gasteiger partial charge in [-0.05, 0) is 31.4 Å². The average Bonchev–Trinajstić information content (AvgIpc) is 3.21. The quantitative estimate of drug-likeness (QED) is 0.190. The van der Waals surface area contributed by atoms with Gasteiger partial charge in [0.25, 0.3) is 0 Å². The van der Waals surface area contributed by atoms with Crippen LogP contribution in [-0.4, -0.2) is 93.1 Å². The zero-order valence-electron chi connectivity index (χ0n) is 19.5. The normalized spacial score (nSPS) is 27.3. The number of hydrogen-bond acceptors (Lipinski definition) is 11. The second-order valence-corrected chi connectivity index (χ2v) is 8.49. The number of carboxylic acid groups (broad SMARTS) is 1. The number of methoxy groups -OCH3 is 1. The fourth-order valence-corrected chi connectivity index (χ4v) is 4.24. The van der Waals surface area contributed by atoms with E-state index in [-0.39, 0.29) is 24.3 Å². The number of aliphatic hydroxyl groups excluding tert-OH is 4. The molecule has 2 heterocycles. The number of carboxylic acids is 1. The maximum atomic E-state index is 12.1. The summed E-state index contributed by atoms with van der Waals surface area (Å²) >= 11 is 0. The fourth-order valence-electron chi connectivity index (χ4n) is 4.24. The number of cyclic esters (lactones) is 1. The molecular weight excluding hydrogens is 468 g/mol. The molecule has 0 radical (unpaired) electrons. The number of carbonyl (C=O) groups is 2. The van der Waals surface area contributed by atoms with E-state index in [9.17, 15) is 40.2 Å². The minimum Gasteiger partial charge on any atom is -0.507 e. The number of ether oxygens (including phenoxy) is 4. The van der Waals surface area contributed by atoms with E-state index < -0.39 is 61.8 Å². The first kappa shape index (κ1) is 26.9. The lowest BCUT2D eigenvalue weighted by atomic mass is 9.94. The number of allylic oxidation sites excluding steroid dienone is 1. The predicted molar refractivity (Wildman–Crippen MR) is 117 cm³/mol. The molecular formula is C23H30O12. The Morgan fingerprint density at radius 1 is 1.23 bits per heavy atom. The van der Waals surface area contributed by atoms with Crippen molar-refractivity contribution in [2.45, 2.75) is 70.1 Å². The first-order chi connectivity index (χ1) is 16.5. The van der Waals surface area contributed by atoms with E-state index in [0.717, 1.165) is 0 Å². The van der Waals surface area contributed by atoms with E-state index >= 15 is 0 Å². The van der Waals surface area contributed by atoms with Crippen molar-refractivity contribution in [1.29, 1.82) is 0 Å². The molecule has 2 aliphatic rings. The van der Waals surface area contributed by atoms with Gasteiger partial charge in [0, 0.05) is 11.1 Å². The summed E-state index contributed by atoms with van der Waals surface area (Å²) in [4.78, 5) is 23.6. The summed E-state index contributed by atoms with van der Waals surface area (Å²) in [5.41, 5.74) is 1.90. The Labute approximate surface area is 200 Å². The molecule has 1 aromatic rings. The van der Waals surface area contributed by atoms with Crippen LogP contribution < -0.4 is 4.74 Å². The van der Waals surface area contributed by atoms with Crippen molar-refractivity contribution in [2.24, 2.45) is 0 Å². The highest BCUT2D eigenvalue weighted by molar-refractivity contribution is 5.98. The van der Waals surface area contributed by atoms with Crippen molar-refractivity contribution in [3.05, 3.63) is 33.9 Å². The number of aromatic hydroxyl groups is 1. The summed E-state index contributed by atoms with van der Waals surface area (Å²) in [5, 5.41) is 59.6. The third kappa shape index (κ3) is 5.27. The average molecular weight is 498 g/mol. The van der Waals surface area contributed by atoms with Crippen LogP contribution in [0.4, 0.5) is 0 Å². The highest BCUT2D eigenvalue weighted by Crippen LogP contribution is 2.42. The largest absolute Gasteiger partial charge is 0.507 e. The molecule has 1 saturated heterocycles. The maximum absolute atomic E-state index is 12.1. The van der Waals surface area contributed by atoms with Gasteiger partial charge in [0.1, 0.15) is 48.1 Å². The second kappa shape index (κ2) is 10.9. The van der Waals surface area contributed by atoms with E-state index in [0.29, 0.717) is 28.0 Å². The molecule has 0 spiro atoms. The van der Waals surface area contributed by atoms with E-state index in [1.807, 2.05) is 0 Å². The predicted octanol–water partition coefficient (Wildman–Crippen LogP) is -0.472. The van der Waals surface area contributed by atoms with Crippen molar-refractivity contribution in [2.75, 3.05) is 13.7 Å². The number of aliphatic carboxylic acids is 1. The van der Waals surface area contributed by atoms with Gasteiger partial charge in [0.05, 0.1) is 26.2 Å². The molecule has 0 amide bonds. The maximum Gasteiger partial charge on any atom is 0.342 e. The van der Waals surface area contributed by atoms with Crippen molar-refractivity contribution in [3.8, 4) is 11.5 Å².